The Labute approximate surface area is 86.2 Å². The van der Waals surface area contributed by atoms with Gasteiger partial charge in [-0.25, -0.2) is 9.78 Å². The van der Waals surface area contributed by atoms with E-state index < -0.39 is 0 Å². The Morgan fingerprint density at radius 3 is 3.00 bits per heavy atom. The van der Waals surface area contributed by atoms with Crippen molar-refractivity contribution in [2.24, 2.45) is 4.99 Å². The minimum Gasteiger partial charge on any atom is -0.481 e. The third-order valence-corrected chi connectivity index (χ3v) is 2.08. The number of nitrogens with zero attached hydrogens (tertiary/aromatic N) is 2. The zero-order valence-corrected chi connectivity index (χ0v) is 8.10. The fourth-order valence-electron chi connectivity index (χ4n) is 1.41. The van der Waals surface area contributed by atoms with Crippen LogP contribution in [0.3, 0.4) is 0 Å². The molecule has 2 rings (SSSR count). The predicted octanol–water partition coefficient (Wildman–Crippen LogP) is 2.21. The summed E-state index contributed by atoms with van der Waals surface area (Å²) in [5.41, 5.74) is 0.545. The largest absolute Gasteiger partial charge is 0.481 e. The molecule has 0 radical (unpaired) electrons. The van der Waals surface area contributed by atoms with Crippen molar-refractivity contribution in [2.75, 3.05) is 7.11 Å². The number of methoxy groups -OCH3 is 1. The highest BCUT2D eigenvalue weighted by atomic mass is 16.5. The lowest BCUT2D eigenvalue weighted by atomic mass is 10.1. The number of fused-ring (bicyclic) bond motifs is 1. The first-order valence-corrected chi connectivity index (χ1v) is 4.36. The van der Waals surface area contributed by atoms with E-state index in [9.17, 15) is 4.79 Å². The van der Waals surface area contributed by atoms with Crippen molar-refractivity contribution in [3.05, 3.63) is 30.5 Å². The third-order valence-electron chi connectivity index (χ3n) is 2.08. The summed E-state index contributed by atoms with van der Waals surface area (Å²) in [6, 6.07) is 7.21. The summed E-state index contributed by atoms with van der Waals surface area (Å²) < 4.78 is 5.11. The first-order chi connectivity index (χ1) is 7.35. The van der Waals surface area contributed by atoms with Crippen molar-refractivity contribution in [2.45, 2.75) is 0 Å². The van der Waals surface area contributed by atoms with Gasteiger partial charge >= 0.3 is 0 Å². The highest BCUT2D eigenvalue weighted by Gasteiger charge is 2.02. The van der Waals surface area contributed by atoms with Crippen LogP contribution < -0.4 is 4.74 Å². The Hall–Kier alpha value is -2.19. The second kappa shape index (κ2) is 3.90. The van der Waals surface area contributed by atoms with Gasteiger partial charge in [0.25, 0.3) is 0 Å². The number of hydrogen-bond donors (Lipinski definition) is 0. The van der Waals surface area contributed by atoms with Crippen LogP contribution in [0.2, 0.25) is 0 Å². The second-order valence-corrected chi connectivity index (χ2v) is 2.93. The van der Waals surface area contributed by atoms with Gasteiger partial charge < -0.3 is 4.74 Å². The fourth-order valence-corrected chi connectivity index (χ4v) is 1.41. The molecule has 4 nitrogen and oxygen atoms in total. The van der Waals surface area contributed by atoms with Gasteiger partial charge in [-0.3, -0.25) is 0 Å². The lowest BCUT2D eigenvalue weighted by Gasteiger charge is -2.03. The van der Waals surface area contributed by atoms with Crippen molar-refractivity contribution in [1.82, 2.24) is 4.98 Å². The Morgan fingerprint density at radius 1 is 1.40 bits per heavy atom. The van der Waals surface area contributed by atoms with Gasteiger partial charge in [-0.1, -0.05) is 6.07 Å². The van der Waals surface area contributed by atoms with E-state index in [-0.39, 0.29) is 0 Å². The summed E-state index contributed by atoms with van der Waals surface area (Å²) in [4.78, 5) is 17.7. The third kappa shape index (κ3) is 1.71. The molecule has 15 heavy (non-hydrogen) atoms. The molecule has 0 aliphatic carbocycles. The number of isocyanates is 1. The van der Waals surface area contributed by atoms with E-state index in [1.54, 1.807) is 25.4 Å². The summed E-state index contributed by atoms with van der Waals surface area (Å²) in [6.07, 6.45) is 3.17. The first-order valence-electron chi connectivity index (χ1n) is 4.36. The van der Waals surface area contributed by atoms with Gasteiger partial charge in [-0.2, -0.15) is 4.99 Å². The second-order valence-electron chi connectivity index (χ2n) is 2.93. The molecule has 2 aromatic rings. The Bertz CT molecular complexity index is 545. The first kappa shape index (κ1) is 9.37. The molecule has 0 saturated heterocycles. The van der Waals surface area contributed by atoms with Crippen LogP contribution in [-0.4, -0.2) is 18.2 Å². The summed E-state index contributed by atoms with van der Waals surface area (Å²) >= 11 is 0. The van der Waals surface area contributed by atoms with Gasteiger partial charge in [-0.15, -0.1) is 0 Å². The molecule has 1 aromatic carbocycles. The SMILES string of the molecule is COc1nccc2ccc(N=C=O)cc12. The lowest BCUT2D eigenvalue weighted by molar-refractivity contribution is 0.403. The van der Waals surface area contributed by atoms with Gasteiger partial charge in [0.15, 0.2) is 0 Å². The molecule has 0 bridgehead atoms. The van der Waals surface area contributed by atoms with Gasteiger partial charge in [0.1, 0.15) is 0 Å². The molecule has 0 fully saturated rings. The van der Waals surface area contributed by atoms with Crippen LogP contribution in [0.25, 0.3) is 10.8 Å². The Balaban J connectivity index is 2.72. The van der Waals surface area contributed by atoms with Crippen LogP contribution in [-0.2, 0) is 4.79 Å². The van der Waals surface area contributed by atoms with Crippen LogP contribution in [0.5, 0.6) is 5.88 Å². The van der Waals surface area contributed by atoms with E-state index in [0.717, 1.165) is 10.8 Å². The smallest absolute Gasteiger partial charge is 0.240 e. The average Bonchev–Trinajstić information content (AvgIpc) is 2.28. The molecule has 0 unspecified atom stereocenters. The minimum atomic E-state index is 0.524. The van der Waals surface area contributed by atoms with E-state index in [1.807, 2.05) is 12.1 Å². The zero-order chi connectivity index (χ0) is 10.7. The normalized spacial score (nSPS) is 9.67. The molecule has 0 N–H and O–H groups in total. The molecular formula is C11H8N2O2. The van der Waals surface area contributed by atoms with E-state index in [2.05, 4.69) is 9.98 Å². The van der Waals surface area contributed by atoms with Gasteiger partial charge in [-0.05, 0) is 23.6 Å². The molecule has 0 aliphatic rings. The summed E-state index contributed by atoms with van der Waals surface area (Å²) in [5, 5.41) is 1.82. The maximum absolute atomic E-state index is 10.1. The molecule has 1 heterocycles. The molecule has 1 aromatic heterocycles. The van der Waals surface area contributed by atoms with E-state index in [0.29, 0.717) is 11.6 Å². The Morgan fingerprint density at radius 2 is 2.27 bits per heavy atom. The predicted molar refractivity (Wildman–Crippen MR) is 56.1 cm³/mol. The maximum atomic E-state index is 10.1. The number of pyridine rings is 1. The summed E-state index contributed by atoms with van der Waals surface area (Å²) in [7, 11) is 1.55. The summed E-state index contributed by atoms with van der Waals surface area (Å²) in [6.45, 7) is 0. The number of aromatic nitrogens is 1. The van der Waals surface area contributed by atoms with Crippen LogP contribution in [0.1, 0.15) is 0 Å². The highest BCUT2D eigenvalue weighted by Crippen LogP contribution is 2.26. The van der Waals surface area contributed by atoms with Gasteiger partial charge in [0, 0.05) is 11.6 Å². The van der Waals surface area contributed by atoms with Crippen molar-refractivity contribution in [3.63, 3.8) is 0 Å². The molecule has 0 atom stereocenters. The van der Waals surface area contributed by atoms with E-state index in [1.165, 1.54) is 6.08 Å². The van der Waals surface area contributed by atoms with Crippen molar-refractivity contribution in [1.29, 1.82) is 0 Å². The standard InChI is InChI=1S/C11H8N2O2/c1-15-11-10-6-9(13-7-14)3-2-8(10)4-5-12-11/h2-6H,1H3. The van der Waals surface area contributed by atoms with Crippen molar-refractivity contribution in [3.8, 4) is 5.88 Å². The monoisotopic (exact) mass is 200 g/mol. The molecule has 0 saturated carbocycles. The summed E-state index contributed by atoms with van der Waals surface area (Å²) in [5.74, 6) is 0.524. The zero-order valence-electron chi connectivity index (χ0n) is 8.10. The number of hydrogen-bond acceptors (Lipinski definition) is 4. The Kier molecular flexibility index (Phi) is 2.44. The van der Waals surface area contributed by atoms with Crippen LogP contribution in [0, 0.1) is 0 Å². The number of benzene rings is 1. The van der Waals surface area contributed by atoms with Crippen molar-refractivity contribution >= 4 is 22.5 Å². The molecule has 0 amide bonds. The van der Waals surface area contributed by atoms with Gasteiger partial charge in [0.2, 0.25) is 12.0 Å². The molecule has 0 spiro atoms. The number of rotatable bonds is 2. The van der Waals surface area contributed by atoms with Crippen LogP contribution in [0.4, 0.5) is 5.69 Å². The number of aliphatic imine (C=N–C) groups is 1. The van der Waals surface area contributed by atoms with E-state index in [4.69, 9.17) is 4.74 Å². The van der Waals surface area contributed by atoms with E-state index >= 15 is 0 Å². The molecular weight excluding hydrogens is 192 g/mol. The van der Waals surface area contributed by atoms with Crippen molar-refractivity contribution < 1.29 is 9.53 Å². The minimum absolute atomic E-state index is 0.524. The fraction of sp³-hybridized carbons (Fsp3) is 0.0909. The topological polar surface area (TPSA) is 51.6 Å². The van der Waals surface area contributed by atoms with Gasteiger partial charge in [0.05, 0.1) is 12.8 Å². The quantitative estimate of drug-likeness (QED) is 0.551. The highest BCUT2D eigenvalue weighted by molar-refractivity contribution is 5.89. The molecule has 74 valence electrons. The maximum Gasteiger partial charge on any atom is 0.240 e. The average molecular weight is 200 g/mol. The molecule has 4 heteroatoms. The number of ether oxygens (including phenoxy) is 1. The van der Waals surface area contributed by atoms with Crippen LogP contribution >= 0.6 is 0 Å². The lowest BCUT2D eigenvalue weighted by Crippen LogP contribution is -1.87. The molecule has 0 aliphatic heterocycles. The number of carbonyl (C=O) groups excluding carboxylic acids is 1. The van der Waals surface area contributed by atoms with Crippen LogP contribution in [0.15, 0.2) is 35.5 Å².